The summed E-state index contributed by atoms with van der Waals surface area (Å²) in [4.78, 5) is 15.2. The van der Waals surface area contributed by atoms with E-state index in [0.717, 1.165) is 58.6 Å². The van der Waals surface area contributed by atoms with Crippen molar-refractivity contribution in [3.8, 4) is 11.5 Å². The average Bonchev–Trinajstić information content (AvgIpc) is 2.87. The van der Waals surface area contributed by atoms with Crippen LogP contribution >= 0.6 is 0 Å². The molecule has 1 aliphatic heterocycles. The number of nitrogens with zero attached hydrogens (tertiary/aromatic N) is 1. The fourth-order valence-corrected chi connectivity index (χ4v) is 4.83. The summed E-state index contributed by atoms with van der Waals surface area (Å²) in [5.74, 6) is 1.75. The highest BCUT2D eigenvalue weighted by Gasteiger charge is 2.24. The lowest BCUT2D eigenvalue weighted by Crippen LogP contribution is -2.34. The molecular weight excluding hydrogens is 426 g/mol. The standard InChI is InChI=1S/C29H29NO4/c1-19-24-16-23-17-30(14-13-22-11-7-8-12-26(22)32-3)18-33-27(23)20(2)28(24)34-29(31)25(19)15-21-9-5-4-6-10-21/h4-12,16H,13-15,17-18H2,1-3H3. The first-order chi connectivity index (χ1) is 16.5. The molecule has 0 fully saturated rings. The lowest BCUT2D eigenvalue weighted by molar-refractivity contribution is 0.0957. The van der Waals surface area contributed by atoms with Gasteiger partial charge in [0.2, 0.25) is 0 Å². The van der Waals surface area contributed by atoms with E-state index in [9.17, 15) is 4.79 Å². The second-order valence-corrected chi connectivity index (χ2v) is 8.91. The van der Waals surface area contributed by atoms with Crippen molar-refractivity contribution in [3.05, 3.63) is 104 Å². The van der Waals surface area contributed by atoms with Crippen molar-refractivity contribution in [2.45, 2.75) is 33.2 Å². The third-order valence-corrected chi connectivity index (χ3v) is 6.73. The van der Waals surface area contributed by atoms with Gasteiger partial charge in [0.15, 0.2) is 0 Å². The molecule has 0 N–H and O–H groups in total. The molecule has 0 atom stereocenters. The molecule has 0 amide bonds. The number of para-hydroxylation sites is 1. The maximum atomic E-state index is 12.9. The molecule has 3 aromatic carbocycles. The van der Waals surface area contributed by atoms with Gasteiger partial charge in [-0.2, -0.15) is 0 Å². The van der Waals surface area contributed by atoms with Gasteiger partial charge >= 0.3 is 5.63 Å². The zero-order valence-corrected chi connectivity index (χ0v) is 19.9. The first kappa shape index (κ1) is 22.2. The van der Waals surface area contributed by atoms with Crippen molar-refractivity contribution in [2.75, 3.05) is 20.4 Å². The van der Waals surface area contributed by atoms with Gasteiger partial charge in [0, 0.05) is 41.6 Å². The van der Waals surface area contributed by atoms with Crippen LogP contribution in [-0.2, 0) is 19.4 Å². The first-order valence-corrected chi connectivity index (χ1v) is 11.6. The molecule has 0 radical (unpaired) electrons. The normalized spacial score (nSPS) is 13.5. The highest BCUT2D eigenvalue weighted by molar-refractivity contribution is 5.87. The summed E-state index contributed by atoms with van der Waals surface area (Å²) >= 11 is 0. The fourth-order valence-electron chi connectivity index (χ4n) is 4.83. The van der Waals surface area contributed by atoms with Crippen LogP contribution in [0, 0.1) is 13.8 Å². The quantitative estimate of drug-likeness (QED) is 0.364. The van der Waals surface area contributed by atoms with Gasteiger partial charge in [0.1, 0.15) is 23.8 Å². The SMILES string of the molecule is COc1ccccc1CCN1COc2c(cc3c(C)c(Cc4ccccc4)c(=O)oc3c2C)C1. The van der Waals surface area contributed by atoms with Crippen molar-refractivity contribution in [1.29, 1.82) is 0 Å². The predicted molar refractivity (Wildman–Crippen MR) is 134 cm³/mol. The monoisotopic (exact) mass is 455 g/mol. The van der Waals surface area contributed by atoms with E-state index in [1.165, 1.54) is 5.56 Å². The van der Waals surface area contributed by atoms with Crippen LogP contribution in [0.25, 0.3) is 11.0 Å². The van der Waals surface area contributed by atoms with Gasteiger partial charge in [-0.05, 0) is 49.1 Å². The van der Waals surface area contributed by atoms with Gasteiger partial charge in [-0.25, -0.2) is 4.79 Å². The summed E-state index contributed by atoms with van der Waals surface area (Å²) in [7, 11) is 1.71. The molecule has 0 unspecified atom stereocenters. The smallest absolute Gasteiger partial charge is 0.340 e. The second-order valence-electron chi connectivity index (χ2n) is 8.91. The number of ether oxygens (including phenoxy) is 2. The summed E-state index contributed by atoms with van der Waals surface area (Å²) in [5, 5.41) is 0.983. The molecule has 174 valence electrons. The fraction of sp³-hybridized carbons (Fsp3) is 0.276. The van der Waals surface area contributed by atoms with E-state index in [0.29, 0.717) is 24.3 Å². The van der Waals surface area contributed by atoms with E-state index < -0.39 is 0 Å². The van der Waals surface area contributed by atoms with Crippen LogP contribution in [0.3, 0.4) is 0 Å². The Labute approximate surface area is 199 Å². The van der Waals surface area contributed by atoms with Gasteiger partial charge in [0.25, 0.3) is 0 Å². The molecule has 0 bridgehead atoms. The predicted octanol–water partition coefficient (Wildman–Crippen LogP) is 5.40. The van der Waals surface area contributed by atoms with Gasteiger partial charge in [0.05, 0.1) is 7.11 Å². The molecule has 0 saturated heterocycles. The third-order valence-electron chi connectivity index (χ3n) is 6.73. The van der Waals surface area contributed by atoms with Gasteiger partial charge in [-0.3, -0.25) is 4.90 Å². The van der Waals surface area contributed by atoms with Crippen molar-refractivity contribution >= 4 is 11.0 Å². The number of rotatable bonds is 6. The highest BCUT2D eigenvalue weighted by Crippen LogP contribution is 2.36. The molecule has 0 spiro atoms. The molecule has 0 saturated carbocycles. The molecule has 5 heteroatoms. The van der Waals surface area contributed by atoms with Gasteiger partial charge < -0.3 is 13.9 Å². The summed E-state index contributed by atoms with van der Waals surface area (Å²) in [6, 6.07) is 20.3. The molecule has 0 aliphatic carbocycles. The Morgan fingerprint density at radius 1 is 1.00 bits per heavy atom. The Morgan fingerprint density at radius 3 is 2.56 bits per heavy atom. The molecule has 5 nitrogen and oxygen atoms in total. The Hall–Kier alpha value is -3.57. The minimum Gasteiger partial charge on any atom is -0.496 e. The average molecular weight is 456 g/mol. The minimum absolute atomic E-state index is 0.272. The van der Waals surface area contributed by atoms with Crippen LogP contribution in [0.2, 0.25) is 0 Å². The second kappa shape index (κ2) is 9.35. The molecule has 2 heterocycles. The Morgan fingerprint density at radius 2 is 1.76 bits per heavy atom. The van der Waals surface area contributed by atoms with Crippen molar-refractivity contribution in [3.63, 3.8) is 0 Å². The van der Waals surface area contributed by atoms with Crippen LogP contribution in [0.1, 0.15) is 33.4 Å². The first-order valence-electron chi connectivity index (χ1n) is 11.6. The van der Waals surface area contributed by atoms with E-state index in [2.05, 4.69) is 17.0 Å². The van der Waals surface area contributed by atoms with Crippen molar-refractivity contribution in [1.82, 2.24) is 4.90 Å². The number of benzene rings is 3. The van der Waals surface area contributed by atoms with Crippen LogP contribution < -0.4 is 15.1 Å². The zero-order chi connectivity index (χ0) is 23.7. The molecule has 34 heavy (non-hydrogen) atoms. The number of methoxy groups -OCH3 is 1. The molecule has 4 aromatic rings. The maximum absolute atomic E-state index is 12.9. The molecule has 1 aromatic heterocycles. The molecule has 1 aliphatic rings. The van der Waals surface area contributed by atoms with Crippen molar-refractivity contribution in [2.24, 2.45) is 0 Å². The summed E-state index contributed by atoms with van der Waals surface area (Å²) < 4.78 is 17.5. The van der Waals surface area contributed by atoms with Gasteiger partial charge in [-0.15, -0.1) is 0 Å². The largest absolute Gasteiger partial charge is 0.496 e. The van der Waals surface area contributed by atoms with Crippen LogP contribution in [0.15, 0.2) is 69.9 Å². The topological polar surface area (TPSA) is 51.9 Å². The van der Waals surface area contributed by atoms with E-state index in [-0.39, 0.29) is 5.63 Å². The summed E-state index contributed by atoms with van der Waals surface area (Å²) in [6.07, 6.45) is 1.44. The highest BCUT2D eigenvalue weighted by atomic mass is 16.5. The molecule has 5 rings (SSSR count). The molecular formula is C29H29NO4. The van der Waals surface area contributed by atoms with E-state index in [1.54, 1.807) is 7.11 Å². The summed E-state index contributed by atoms with van der Waals surface area (Å²) in [6.45, 7) is 6.15. The minimum atomic E-state index is -0.272. The van der Waals surface area contributed by atoms with E-state index in [4.69, 9.17) is 13.9 Å². The lowest BCUT2D eigenvalue weighted by Gasteiger charge is -2.30. The number of fused-ring (bicyclic) bond motifs is 2. The van der Waals surface area contributed by atoms with Gasteiger partial charge in [-0.1, -0.05) is 48.5 Å². The van der Waals surface area contributed by atoms with E-state index in [1.807, 2.05) is 62.4 Å². The van der Waals surface area contributed by atoms with E-state index >= 15 is 0 Å². The summed E-state index contributed by atoms with van der Waals surface area (Å²) in [5.41, 5.74) is 6.34. The van der Waals surface area contributed by atoms with Crippen molar-refractivity contribution < 1.29 is 13.9 Å². The van der Waals surface area contributed by atoms with Crippen LogP contribution in [0.5, 0.6) is 11.5 Å². The number of aryl methyl sites for hydroxylation is 2. The number of hydrogen-bond acceptors (Lipinski definition) is 5. The Bertz CT molecular complexity index is 1390. The zero-order valence-electron chi connectivity index (χ0n) is 19.9. The van der Waals surface area contributed by atoms with Crippen LogP contribution in [-0.4, -0.2) is 25.3 Å². The number of hydrogen-bond donors (Lipinski definition) is 0. The lowest BCUT2D eigenvalue weighted by atomic mass is 9.96. The van der Waals surface area contributed by atoms with Crippen LogP contribution in [0.4, 0.5) is 0 Å². The Kier molecular flexibility index (Phi) is 6.12. The Balaban J connectivity index is 1.44. The maximum Gasteiger partial charge on any atom is 0.340 e. The third kappa shape index (κ3) is 4.19.